The highest BCUT2D eigenvalue weighted by atomic mass is 35.5. The second-order valence-electron chi connectivity index (χ2n) is 2.87. The normalized spacial score (nSPS) is 9.29. The predicted octanol–water partition coefficient (Wildman–Crippen LogP) is 2.11. The van der Waals surface area contributed by atoms with Gasteiger partial charge in [0.2, 0.25) is 6.08 Å². The largest absolute Gasteiger partial charge is 0.373 e. The lowest BCUT2D eigenvalue weighted by molar-refractivity contribution is 0.563. The highest BCUT2D eigenvalue weighted by Crippen LogP contribution is 2.16. The average Bonchev–Trinajstić information content (AvgIpc) is 2.19. The highest BCUT2D eigenvalue weighted by Gasteiger charge is 1.98. The summed E-state index contributed by atoms with van der Waals surface area (Å²) in [6.45, 7) is 1.15. The molecule has 0 aliphatic carbocycles. The van der Waals surface area contributed by atoms with Crippen LogP contribution in [0.1, 0.15) is 0 Å². The lowest BCUT2D eigenvalue weighted by Crippen LogP contribution is -2.20. The van der Waals surface area contributed by atoms with Gasteiger partial charge in [-0.2, -0.15) is 0 Å². The van der Waals surface area contributed by atoms with Crippen molar-refractivity contribution in [3.05, 3.63) is 29.3 Å². The van der Waals surface area contributed by atoms with Crippen LogP contribution in [0.15, 0.2) is 29.3 Å². The van der Waals surface area contributed by atoms with Gasteiger partial charge in [0.15, 0.2) is 0 Å². The van der Waals surface area contributed by atoms with Crippen molar-refractivity contribution >= 4 is 23.4 Å². The van der Waals surface area contributed by atoms with Gasteiger partial charge in [-0.15, -0.1) is 0 Å². The molecule has 0 spiro atoms. The van der Waals surface area contributed by atoms with Crippen LogP contribution >= 0.6 is 11.6 Å². The van der Waals surface area contributed by atoms with E-state index in [1.54, 1.807) is 0 Å². The van der Waals surface area contributed by atoms with Gasteiger partial charge in [-0.3, -0.25) is 0 Å². The first-order valence-electron chi connectivity index (χ1n) is 4.24. The Hall–Kier alpha value is -1.31. The van der Waals surface area contributed by atoms with E-state index in [2.05, 4.69) is 4.99 Å². The van der Waals surface area contributed by atoms with E-state index in [-0.39, 0.29) is 0 Å². The minimum Gasteiger partial charge on any atom is -0.373 e. The maximum atomic E-state index is 9.84. The Labute approximate surface area is 88.0 Å². The van der Waals surface area contributed by atoms with Crippen LogP contribution in [0.5, 0.6) is 0 Å². The molecule has 0 aliphatic rings. The van der Waals surface area contributed by atoms with E-state index < -0.39 is 0 Å². The molecule has 1 rings (SSSR count). The Morgan fingerprint density at radius 3 is 2.64 bits per heavy atom. The molecule has 0 fully saturated rings. The van der Waals surface area contributed by atoms with Crippen molar-refractivity contribution in [3.63, 3.8) is 0 Å². The summed E-state index contributed by atoms with van der Waals surface area (Å²) in [5, 5.41) is 0.716. The van der Waals surface area contributed by atoms with Crippen LogP contribution in [0.25, 0.3) is 0 Å². The molecule has 0 aliphatic heterocycles. The minimum atomic E-state index is 0.461. The molecule has 0 bridgehead atoms. The summed E-state index contributed by atoms with van der Waals surface area (Å²) in [4.78, 5) is 15.3. The predicted molar refractivity (Wildman–Crippen MR) is 57.7 cm³/mol. The summed E-state index contributed by atoms with van der Waals surface area (Å²) < 4.78 is 0. The zero-order valence-electron chi connectivity index (χ0n) is 7.90. The number of hydrogen-bond acceptors (Lipinski definition) is 3. The quantitative estimate of drug-likeness (QED) is 0.563. The summed E-state index contributed by atoms with van der Waals surface area (Å²) >= 11 is 5.75. The fraction of sp³-hybridized carbons (Fsp3) is 0.300. The van der Waals surface area contributed by atoms with Crippen molar-refractivity contribution in [1.82, 2.24) is 0 Å². The van der Waals surface area contributed by atoms with Crippen LogP contribution in [0.2, 0.25) is 5.02 Å². The Morgan fingerprint density at radius 1 is 1.43 bits per heavy atom. The number of hydrogen-bond donors (Lipinski definition) is 0. The molecule has 4 heteroatoms. The maximum absolute atomic E-state index is 9.84. The smallest absolute Gasteiger partial charge is 0.235 e. The van der Waals surface area contributed by atoms with Gasteiger partial charge in [-0.25, -0.2) is 9.79 Å². The molecule has 0 aromatic heterocycles. The first-order valence-corrected chi connectivity index (χ1v) is 4.62. The first kappa shape index (κ1) is 10.8. The summed E-state index contributed by atoms with van der Waals surface area (Å²) in [7, 11) is 1.93. The van der Waals surface area contributed by atoms with Gasteiger partial charge in [0, 0.05) is 24.3 Å². The van der Waals surface area contributed by atoms with E-state index in [0.717, 1.165) is 5.69 Å². The van der Waals surface area contributed by atoms with E-state index in [1.807, 2.05) is 36.2 Å². The zero-order chi connectivity index (χ0) is 10.4. The van der Waals surface area contributed by atoms with Gasteiger partial charge >= 0.3 is 0 Å². The van der Waals surface area contributed by atoms with Gasteiger partial charge in [0.25, 0.3) is 0 Å². The Morgan fingerprint density at radius 2 is 2.07 bits per heavy atom. The Kier molecular flexibility index (Phi) is 4.17. The number of carbonyl (C=O) groups excluding carboxylic acids is 1. The molecule has 14 heavy (non-hydrogen) atoms. The molecular formula is C10H11ClN2O. The van der Waals surface area contributed by atoms with E-state index in [9.17, 15) is 4.79 Å². The van der Waals surface area contributed by atoms with Gasteiger partial charge in [0.05, 0.1) is 6.54 Å². The van der Waals surface area contributed by atoms with E-state index in [4.69, 9.17) is 11.6 Å². The van der Waals surface area contributed by atoms with Gasteiger partial charge in [-0.1, -0.05) is 11.6 Å². The van der Waals surface area contributed by atoms with E-state index in [1.165, 1.54) is 6.08 Å². The number of isocyanates is 1. The number of anilines is 1. The van der Waals surface area contributed by atoms with Crippen molar-refractivity contribution in [2.24, 2.45) is 4.99 Å². The van der Waals surface area contributed by atoms with Gasteiger partial charge < -0.3 is 4.90 Å². The third-order valence-corrected chi connectivity index (χ3v) is 2.13. The van der Waals surface area contributed by atoms with Crippen molar-refractivity contribution in [2.45, 2.75) is 0 Å². The number of rotatable bonds is 4. The zero-order valence-corrected chi connectivity index (χ0v) is 8.66. The molecule has 0 saturated carbocycles. The summed E-state index contributed by atoms with van der Waals surface area (Å²) in [6, 6.07) is 7.51. The third kappa shape index (κ3) is 3.21. The number of aliphatic imine (C=N–C) groups is 1. The molecular weight excluding hydrogens is 200 g/mol. The van der Waals surface area contributed by atoms with Crippen LogP contribution in [0.4, 0.5) is 5.69 Å². The second kappa shape index (κ2) is 5.43. The Bertz CT molecular complexity index is 330. The van der Waals surface area contributed by atoms with Crippen molar-refractivity contribution in [2.75, 3.05) is 25.0 Å². The standard InChI is InChI=1S/C10H11ClN2O/c1-13(7-6-12-8-14)10-4-2-9(11)3-5-10/h2-5H,6-7H2,1H3. The van der Waals surface area contributed by atoms with Crippen molar-refractivity contribution < 1.29 is 4.79 Å². The van der Waals surface area contributed by atoms with Crippen LogP contribution < -0.4 is 4.90 Å². The van der Waals surface area contributed by atoms with Crippen molar-refractivity contribution in [3.8, 4) is 0 Å². The van der Waals surface area contributed by atoms with Gasteiger partial charge in [-0.05, 0) is 24.3 Å². The number of halogens is 1. The van der Waals surface area contributed by atoms with Crippen LogP contribution in [-0.4, -0.2) is 26.2 Å². The molecule has 0 heterocycles. The second-order valence-corrected chi connectivity index (χ2v) is 3.31. The number of likely N-dealkylation sites (N-methyl/N-ethyl adjacent to an activating group) is 1. The molecule has 0 amide bonds. The molecule has 0 radical (unpaired) electrons. The summed E-state index contributed by atoms with van der Waals surface area (Å²) in [5.74, 6) is 0. The molecule has 0 atom stereocenters. The molecule has 1 aromatic carbocycles. The lowest BCUT2D eigenvalue weighted by Gasteiger charge is -2.17. The summed E-state index contributed by atoms with van der Waals surface area (Å²) in [5.41, 5.74) is 1.05. The molecule has 0 N–H and O–H groups in total. The minimum absolute atomic E-state index is 0.461. The summed E-state index contributed by atoms with van der Waals surface area (Å²) in [6.07, 6.45) is 1.51. The lowest BCUT2D eigenvalue weighted by atomic mass is 10.3. The molecule has 1 aromatic rings. The molecule has 0 saturated heterocycles. The highest BCUT2D eigenvalue weighted by molar-refractivity contribution is 6.30. The molecule has 0 unspecified atom stereocenters. The first-order chi connectivity index (χ1) is 6.74. The van der Waals surface area contributed by atoms with Crippen molar-refractivity contribution in [1.29, 1.82) is 0 Å². The number of benzene rings is 1. The maximum Gasteiger partial charge on any atom is 0.235 e. The monoisotopic (exact) mass is 210 g/mol. The SMILES string of the molecule is CN(CCN=C=O)c1ccc(Cl)cc1. The van der Waals surface area contributed by atoms with Crippen LogP contribution in [0, 0.1) is 0 Å². The van der Waals surface area contributed by atoms with E-state index >= 15 is 0 Å². The molecule has 74 valence electrons. The number of nitrogens with zero attached hydrogens (tertiary/aromatic N) is 2. The topological polar surface area (TPSA) is 32.7 Å². The fourth-order valence-corrected chi connectivity index (χ4v) is 1.20. The molecule has 3 nitrogen and oxygen atoms in total. The average molecular weight is 211 g/mol. The third-order valence-electron chi connectivity index (χ3n) is 1.88. The van der Waals surface area contributed by atoms with Crippen LogP contribution in [-0.2, 0) is 4.79 Å². The Balaban J connectivity index is 2.55. The fourth-order valence-electron chi connectivity index (χ4n) is 1.07. The van der Waals surface area contributed by atoms with Gasteiger partial charge in [0.1, 0.15) is 0 Å². The van der Waals surface area contributed by atoms with E-state index in [0.29, 0.717) is 18.1 Å². The van der Waals surface area contributed by atoms with Crippen LogP contribution in [0.3, 0.4) is 0 Å².